The Morgan fingerprint density at radius 2 is 2.10 bits per heavy atom. The molecule has 1 heterocycles. The van der Waals surface area contributed by atoms with E-state index in [2.05, 4.69) is 58.3 Å². The Labute approximate surface area is 129 Å². The third-order valence-corrected chi connectivity index (χ3v) is 4.38. The fraction of sp³-hybridized carbons (Fsp3) is 0.375. The maximum atomic E-state index is 5.35. The number of nitrogens with one attached hydrogen (secondary N) is 1. The van der Waals surface area contributed by atoms with Crippen molar-refractivity contribution >= 4 is 21.6 Å². The first-order valence-corrected chi connectivity index (χ1v) is 7.53. The van der Waals surface area contributed by atoms with Crippen LogP contribution in [-0.2, 0) is 6.54 Å². The molecule has 0 aliphatic heterocycles. The van der Waals surface area contributed by atoms with E-state index in [4.69, 9.17) is 4.42 Å². The molecule has 3 nitrogen and oxygen atoms in total. The third kappa shape index (κ3) is 3.25. The molecule has 0 saturated carbocycles. The summed E-state index contributed by atoms with van der Waals surface area (Å²) < 4.78 is 6.48. The van der Waals surface area contributed by atoms with Gasteiger partial charge in [0.25, 0.3) is 0 Å². The first-order valence-electron chi connectivity index (χ1n) is 6.73. The second-order valence-corrected chi connectivity index (χ2v) is 5.93. The summed E-state index contributed by atoms with van der Waals surface area (Å²) in [6.07, 6.45) is 1.74. The van der Waals surface area contributed by atoms with Crippen LogP contribution in [0.2, 0.25) is 0 Å². The van der Waals surface area contributed by atoms with E-state index in [0.717, 1.165) is 16.8 Å². The normalized spacial score (nSPS) is 12.4. The molecule has 4 heteroatoms. The molecule has 0 bridgehead atoms. The van der Waals surface area contributed by atoms with Gasteiger partial charge in [0.1, 0.15) is 5.76 Å². The topological polar surface area (TPSA) is 28.4 Å². The van der Waals surface area contributed by atoms with Crippen molar-refractivity contribution in [3.63, 3.8) is 0 Å². The lowest BCUT2D eigenvalue weighted by molar-refractivity contribution is 0.529. The Hall–Kier alpha value is -1.26. The number of hydrogen-bond donors (Lipinski definition) is 1. The van der Waals surface area contributed by atoms with Crippen LogP contribution in [0.15, 0.2) is 39.4 Å². The standard InChI is InChI=1S/C16H21BrN2O/c1-11(18-3)15-6-5-14(9-16(15)17)19(4)10-13-7-8-20-12(13)2/h5-9,11,18H,10H2,1-4H3. The summed E-state index contributed by atoms with van der Waals surface area (Å²) in [6, 6.07) is 8.85. The number of rotatable bonds is 5. The van der Waals surface area contributed by atoms with Crippen LogP contribution in [0.1, 0.15) is 29.9 Å². The molecule has 1 N–H and O–H groups in total. The molecule has 2 aromatic rings. The summed E-state index contributed by atoms with van der Waals surface area (Å²) in [5.74, 6) is 0.983. The van der Waals surface area contributed by atoms with E-state index in [0.29, 0.717) is 6.04 Å². The van der Waals surface area contributed by atoms with Crippen LogP contribution in [0.3, 0.4) is 0 Å². The molecule has 0 fully saturated rings. The highest BCUT2D eigenvalue weighted by Gasteiger charge is 2.11. The Bertz CT molecular complexity index is 580. The van der Waals surface area contributed by atoms with E-state index < -0.39 is 0 Å². The number of nitrogens with zero attached hydrogens (tertiary/aromatic N) is 1. The summed E-state index contributed by atoms with van der Waals surface area (Å²) in [5, 5.41) is 3.26. The molecule has 2 rings (SSSR count). The molecule has 0 spiro atoms. The van der Waals surface area contributed by atoms with Crippen LogP contribution in [0.25, 0.3) is 0 Å². The number of halogens is 1. The van der Waals surface area contributed by atoms with Crippen LogP contribution in [0.5, 0.6) is 0 Å². The molecule has 1 atom stereocenters. The van der Waals surface area contributed by atoms with Gasteiger partial charge in [0, 0.05) is 35.4 Å². The number of aryl methyl sites for hydroxylation is 1. The Kier molecular flexibility index (Phi) is 4.89. The minimum Gasteiger partial charge on any atom is -0.469 e. The smallest absolute Gasteiger partial charge is 0.105 e. The van der Waals surface area contributed by atoms with Crippen molar-refractivity contribution in [3.05, 3.63) is 51.9 Å². The first kappa shape index (κ1) is 15.1. The molecule has 0 amide bonds. The second kappa shape index (κ2) is 6.46. The fourth-order valence-electron chi connectivity index (χ4n) is 2.18. The highest BCUT2D eigenvalue weighted by Crippen LogP contribution is 2.28. The van der Waals surface area contributed by atoms with E-state index in [1.165, 1.54) is 16.8 Å². The number of hydrogen-bond acceptors (Lipinski definition) is 3. The zero-order chi connectivity index (χ0) is 14.7. The molecule has 1 aromatic heterocycles. The van der Waals surface area contributed by atoms with Gasteiger partial charge in [0.2, 0.25) is 0 Å². The quantitative estimate of drug-likeness (QED) is 0.883. The summed E-state index contributed by atoms with van der Waals surface area (Å²) in [5.41, 5.74) is 3.67. The van der Waals surface area contributed by atoms with Gasteiger partial charge in [0.05, 0.1) is 6.26 Å². The van der Waals surface area contributed by atoms with Crippen molar-refractivity contribution in [2.45, 2.75) is 26.4 Å². The van der Waals surface area contributed by atoms with E-state index in [1.807, 2.05) is 20.0 Å². The average Bonchev–Trinajstić information content (AvgIpc) is 2.83. The van der Waals surface area contributed by atoms with E-state index >= 15 is 0 Å². The summed E-state index contributed by atoms with van der Waals surface area (Å²) >= 11 is 3.66. The fourth-order valence-corrected chi connectivity index (χ4v) is 2.89. The molecule has 20 heavy (non-hydrogen) atoms. The van der Waals surface area contributed by atoms with Crippen LogP contribution in [0, 0.1) is 6.92 Å². The maximum Gasteiger partial charge on any atom is 0.105 e. The maximum absolute atomic E-state index is 5.35. The van der Waals surface area contributed by atoms with Crippen molar-refractivity contribution in [2.24, 2.45) is 0 Å². The molecule has 0 aliphatic rings. The number of furan rings is 1. The lowest BCUT2D eigenvalue weighted by Gasteiger charge is -2.21. The van der Waals surface area contributed by atoms with Crippen molar-refractivity contribution in [2.75, 3.05) is 19.0 Å². The van der Waals surface area contributed by atoms with E-state index in [9.17, 15) is 0 Å². The van der Waals surface area contributed by atoms with Gasteiger partial charge in [-0.2, -0.15) is 0 Å². The van der Waals surface area contributed by atoms with Gasteiger partial charge in [0.15, 0.2) is 0 Å². The molecule has 0 saturated heterocycles. The predicted octanol–water partition coefficient (Wildman–Crippen LogP) is 4.27. The number of anilines is 1. The van der Waals surface area contributed by atoms with Crippen LogP contribution in [0.4, 0.5) is 5.69 Å². The van der Waals surface area contributed by atoms with Crippen LogP contribution in [-0.4, -0.2) is 14.1 Å². The molecule has 1 unspecified atom stereocenters. The highest BCUT2D eigenvalue weighted by molar-refractivity contribution is 9.10. The van der Waals surface area contributed by atoms with Crippen molar-refractivity contribution in [1.29, 1.82) is 0 Å². The lowest BCUT2D eigenvalue weighted by Crippen LogP contribution is -2.17. The second-order valence-electron chi connectivity index (χ2n) is 5.07. The molecular weight excluding hydrogens is 316 g/mol. The van der Waals surface area contributed by atoms with Crippen LogP contribution < -0.4 is 10.2 Å². The highest BCUT2D eigenvalue weighted by atomic mass is 79.9. The number of benzene rings is 1. The van der Waals surface area contributed by atoms with Crippen molar-refractivity contribution in [1.82, 2.24) is 5.32 Å². The van der Waals surface area contributed by atoms with Gasteiger partial charge < -0.3 is 14.6 Å². The van der Waals surface area contributed by atoms with E-state index in [1.54, 1.807) is 6.26 Å². The molecule has 1 aromatic carbocycles. The van der Waals surface area contributed by atoms with Crippen LogP contribution >= 0.6 is 15.9 Å². The molecular formula is C16H21BrN2O. The minimum atomic E-state index is 0.333. The summed E-state index contributed by atoms with van der Waals surface area (Å²) in [6.45, 7) is 4.99. The minimum absolute atomic E-state index is 0.333. The van der Waals surface area contributed by atoms with Crippen molar-refractivity contribution < 1.29 is 4.42 Å². The zero-order valence-electron chi connectivity index (χ0n) is 12.4. The predicted molar refractivity (Wildman–Crippen MR) is 87.2 cm³/mol. The SMILES string of the molecule is CNC(C)c1ccc(N(C)Cc2ccoc2C)cc1Br. The lowest BCUT2D eigenvalue weighted by atomic mass is 10.1. The Morgan fingerprint density at radius 1 is 1.35 bits per heavy atom. The van der Waals surface area contributed by atoms with Gasteiger partial charge in [-0.25, -0.2) is 0 Å². The third-order valence-electron chi connectivity index (χ3n) is 3.70. The Morgan fingerprint density at radius 3 is 2.65 bits per heavy atom. The summed E-state index contributed by atoms with van der Waals surface area (Å²) in [7, 11) is 4.06. The van der Waals surface area contributed by atoms with Crippen molar-refractivity contribution in [3.8, 4) is 0 Å². The van der Waals surface area contributed by atoms with E-state index in [-0.39, 0.29) is 0 Å². The molecule has 0 aliphatic carbocycles. The van der Waals surface area contributed by atoms with Gasteiger partial charge >= 0.3 is 0 Å². The van der Waals surface area contributed by atoms with Gasteiger partial charge in [-0.1, -0.05) is 22.0 Å². The zero-order valence-corrected chi connectivity index (χ0v) is 14.0. The molecule has 0 radical (unpaired) electrons. The van der Waals surface area contributed by atoms with Gasteiger partial charge in [-0.3, -0.25) is 0 Å². The molecule has 108 valence electrons. The summed E-state index contributed by atoms with van der Waals surface area (Å²) in [4.78, 5) is 2.22. The Balaban J connectivity index is 2.17. The van der Waals surface area contributed by atoms with Gasteiger partial charge in [-0.05, 0) is 44.7 Å². The van der Waals surface area contributed by atoms with Gasteiger partial charge in [-0.15, -0.1) is 0 Å². The monoisotopic (exact) mass is 336 g/mol. The largest absolute Gasteiger partial charge is 0.469 e. The average molecular weight is 337 g/mol. The first-order chi connectivity index (χ1) is 9.52.